The fourth-order valence-corrected chi connectivity index (χ4v) is 3.54. The normalized spacial score (nSPS) is 17.1. The van der Waals surface area contributed by atoms with E-state index in [9.17, 15) is 14.0 Å². The number of carbonyl (C=O) groups is 2. The Morgan fingerprint density at radius 2 is 1.48 bits per heavy atom. The van der Waals surface area contributed by atoms with Crippen molar-refractivity contribution in [2.45, 2.75) is 83.6 Å². The molecule has 4 nitrogen and oxygen atoms in total. The third-order valence-corrected chi connectivity index (χ3v) is 5.15. The number of benzene rings is 1. The summed E-state index contributed by atoms with van der Waals surface area (Å²) in [4.78, 5) is 25.8. The van der Waals surface area contributed by atoms with Gasteiger partial charge in [-0.3, -0.25) is 9.59 Å². The molecule has 0 radical (unpaired) electrons. The highest BCUT2D eigenvalue weighted by atomic mass is 19.1. The van der Waals surface area contributed by atoms with E-state index in [0.717, 1.165) is 24.3 Å². The number of carbonyl (C=O) groups excluding carboxylic acids is 2. The number of nitrogens with zero attached hydrogens (tertiary/aromatic N) is 1. The lowest BCUT2D eigenvalue weighted by atomic mass is 10.1. The van der Waals surface area contributed by atoms with E-state index >= 15 is 0 Å². The molecule has 1 saturated heterocycles. The minimum Gasteiger partial charge on any atom is -0.305 e. The van der Waals surface area contributed by atoms with Crippen LogP contribution in [-0.2, 0) is 9.59 Å². The summed E-state index contributed by atoms with van der Waals surface area (Å²) in [5, 5.41) is 3.21. The molecule has 1 N–H and O–H groups in total. The molecule has 0 aliphatic carbocycles. The monoisotopic (exact) mass is 376 g/mol. The van der Waals surface area contributed by atoms with Crippen molar-refractivity contribution in [1.29, 1.82) is 0 Å². The first-order valence-electron chi connectivity index (χ1n) is 10.5. The number of rotatable bonds is 13. The molecule has 1 aromatic rings. The average molecular weight is 377 g/mol. The zero-order chi connectivity index (χ0) is 19.5. The van der Waals surface area contributed by atoms with Crippen molar-refractivity contribution in [3.8, 4) is 0 Å². The van der Waals surface area contributed by atoms with Crippen molar-refractivity contribution in [2.75, 3.05) is 11.4 Å². The molecule has 1 fully saturated rings. The quantitative estimate of drug-likeness (QED) is 0.391. The van der Waals surface area contributed by atoms with Gasteiger partial charge in [-0.05, 0) is 37.2 Å². The molecule has 0 spiro atoms. The maximum atomic E-state index is 13.0. The van der Waals surface area contributed by atoms with Crippen LogP contribution in [0.1, 0.15) is 77.6 Å². The second-order valence-corrected chi connectivity index (χ2v) is 7.44. The van der Waals surface area contributed by atoms with Crippen molar-refractivity contribution in [3.05, 3.63) is 30.1 Å². The van der Waals surface area contributed by atoms with Gasteiger partial charge in [0.05, 0.1) is 18.2 Å². The fourth-order valence-electron chi connectivity index (χ4n) is 3.54. The molecule has 2 amide bonds. The second-order valence-electron chi connectivity index (χ2n) is 7.44. The van der Waals surface area contributed by atoms with E-state index in [-0.39, 0.29) is 24.1 Å². The number of hydrogen-bond donors (Lipinski definition) is 1. The van der Waals surface area contributed by atoms with Gasteiger partial charge in [-0.15, -0.1) is 0 Å². The lowest BCUT2D eigenvalue weighted by Crippen LogP contribution is -2.39. The lowest BCUT2D eigenvalue weighted by molar-refractivity contribution is -0.121. The molecule has 2 rings (SSSR count). The van der Waals surface area contributed by atoms with Crippen molar-refractivity contribution < 1.29 is 14.0 Å². The predicted molar refractivity (Wildman–Crippen MR) is 107 cm³/mol. The molecular weight excluding hydrogens is 343 g/mol. The van der Waals surface area contributed by atoms with Crippen molar-refractivity contribution in [2.24, 2.45) is 0 Å². The van der Waals surface area contributed by atoms with Crippen LogP contribution >= 0.6 is 0 Å². The Bertz CT molecular complexity index is 588. The van der Waals surface area contributed by atoms with Gasteiger partial charge in [0.25, 0.3) is 5.91 Å². The van der Waals surface area contributed by atoms with Gasteiger partial charge in [0.1, 0.15) is 5.82 Å². The molecule has 150 valence electrons. The molecule has 1 atom stereocenters. The Balaban J connectivity index is 1.58. The molecule has 0 aromatic heterocycles. The van der Waals surface area contributed by atoms with Crippen LogP contribution < -0.4 is 10.2 Å². The first-order valence-corrected chi connectivity index (χ1v) is 10.5. The van der Waals surface area contributed by atoms with E-state index in [0.29, 0.717) is 5.69 Å². The van der Waals surface area contributed by atoms with Gasteiger partial charge in [-0.25, -0.2) is 9.29 Å². The summed E-state index contributed by atoms with van der Waals surface area (Å²) in [5.41, 5.74) is 0.439. The zero-order valence-electron chi connectivity index (χ0n) is 16.5. The number of unbranched alkanes of at least 4 members (excludes halogenated alkanes) is 9. The highest BCUT2D eigenvalue weighted by Gasteiger charge is 2.39. The number of halogens is 1. The first-order chi connectivity index (χ1) is 13.1. The summed E-state index contributed by atoms with van der Waals surface area (Å²) in [6, 6.07) is 5.01. The minimum atomic E-state index is -0.457. The zero-order valence-corrected chi connectivity index (χ0v) is 16.5. The number of hydrogen-bond acceptors (Lipinski definition) is 3. The molecule has 5 heteroatoms. The number of amides is 2. The van der Waals surface area contributed by atoms with Gasteiger partial charge in [0.2, 0.25) is 5.91 Å². The average Bonchev–Trinajstić information content (AvgIpc) is 2.94. The van der Waals surface area contributed by atoms with Gasteiger partial charge in [-0.2, -0.15) is 0 Å². The molecular formula is C22H33FN2O2. The third kappa shape index (κ3) is 7.06. The Morgan fingerprint density at radius 1 is 0.926 bits per heavy atom. The van der Waals surface area contributed by atoms with Crippen LogP contribution in [-0.4, -0.2) is 24.4 Å². The number of anilines is 1. The van der Waals surface area contributed by atoms with Crippen LogP contribution in [0.5, 0.6) is 0 Å². The fraction of sp³-hybridized carbons (Fsp3) is 0.636. The van der Waals surface area contributed by atoms with E-state index in [1.807, 2.05) is 0 Å². The summed E-state index contributed by atoms with van der Waals surface area (Å²) in [6.07, 6.45) is 12.9. The Hall–Kier alpha value is -1.75. The van der Waals surface area contributed by atoms with Gasteiger partial charge in [0, 0.05) is 0 Å². The number of nitrogens with one attached hydrogen (secondary N) is 1. The van der Waals surface area contributed by atoms with Crippen LogP contribution in [0, 0.1) is 5.82 Å². The topological polar surface area (TPSA) is 49.4 Å². The van der Waals surface area contributed by atoms with E-state index in [1.165, 1.54) is 75.6 Å². The van der Waals surface area contributed by atoms with Crippen LogP contribution in [0.15, 0.2) is 24.3 Å². The van der Waals surface area contributed by atoms with Crippen LogP contribution in [0.4, 0.5) is 10.1 Å². The third-order valence-electron chi connectivity index (χ3n) is 5.15. The van der Waals surface area contributed by atoms with Gasteiger partial charge in [-0.1, -0.05) is 64.7 Å². The van der Waals surface area contributed by atoms with Gasteiger partial charge < -0.3 is 5.32 Å². The van der Waals surface area contributed by atoms with Crippen molar-refractivity contribution in [1.82, 2.24) is 5.32 Å². The van der Waals surface area contributed by atoms with Crippen LogP contribution in [0.2, 0.25) is 0 Å². The van der Waals surface area contributed by atoms with E-state index in [1.54, 1.807) is 0 Å². The summed E-state index contributed by atoms with van der Waals surface area (Å²) in [6.45, 7) is 2.99. The lowest BCUT2D eigenvalue weighted by Gasteiger charge is -2.15. The molecule has 27 heavy (non-hydrogen) atoms. The van der Waals surface area contributed by atoms with E-state index < -0.39 is 6.04 Å². The predicted octanol–water partition coefficient (Wildman–Crippen LogP) is 4.97. The maximum Gasteiger partial charge on any atom is 0.251 e. The highest BCUT2D eigenvalue weighted by Crippen LogP contribution is 2.23. The molecule has 1 aliphatic rings. The number of imide groups is 1. The van der Waals surface area contributed by atoms with Crippen molar-refractivity contribution >= 4 is 17.5 Å². The maximum absolute atomic E-state index is 13.0. The van der Waals surface area contributed by atoms with Gasteiger partial charge >= 0.3 is 0 Å². The molecule has 0 saturated carbocycles. The molecule has 1 aromatic carbocycles. The van der Waals surface area contributed by atoms with Crippen LogP contribution in [0.25, 0.3) is 0 Å². The molecule has 1 aliphatic heterocycles. The van der Waals surface area contributed by atoms with Crippen LogP contribution in [0.3, 0.4) is 0 Å². The Morgan fingerprint density at radius 3 is 2.07 bits per heavy atom. The van der Waals surface area contributed by atoms with Crippen molar-refractivity contribution in [3.63, 3.8) is 0 Å². The van der Waals surface area contributed by atoms with E-state index in [2.05, 4.69) is 12.2 Å². The minimum absolute atomic E-state index is 0.175. The first kappa shape index (κ1) is 21.5. The molecule has 0 bridgehead atoms. The highest BCUT2D eigenvalue weighted by molar-refractivity contribution is 6.22. The van der Waals surface area contributed by atoms with Gasteiger partial charge in [0.15, 0.2) is 0 Å². The smallest absolute Gasteiger partial charge is 0.251 e. The second kappa shape index (κ2) is 11.9. The molecule has 1 heterocycles. The Kier molecular flexibility index (Phi) is 9.46. The summed E-state index contributed by atoms with van der Waals surface area (Å²) in [7, 11) is 0. The molecule has 0 unspecified atom stereocenters. The SMILES string of the molecule is CCCCCCCCCCCCN[C@H]1CC(=O)N(c2ccc(F)cc2)C1=O. The standard InChI is InChI=1S/C22H33FN2O2/c1-2-3-4-5-6-7-8-9-10-11-16-24-20-17-21(26)25(22(20)27)19-14-12-18(23)13-15-19/h12-15,20,24H,2-11,16-17H2,1H3/t20-/m0/s1. The largest absolute Gasteiger partial charge is 0.305 e. The summed E-state index contributed by atoms with van der Waals surface area (Å²) < 4.78 is 13.0. The summed E-state index contributed by atoms with van der Waals surface area (Å²) >= 11 is 0. The van der Waals surface area contributed by atoms with E-state index in [4.69, 9.17) is 0 Å². The Labute approximate surface area is 162 Å². The summed E-state index contributed by atoms with van der Waals surface area (Å²) in [5.74, 6) is -0.848.